The molecule has 0 aliphatic carbocycles. The Morgan fingerprint density at radius 2 is 2.06 bits per heavy atom. The number of fused-ring (bicyclic) bond motifs is 1. The number of aromatic nitrogens is 2. The van der Waals surface area contributed by atoms with Crippen LogP contribution in [0.2, 0.25) is 0 Å². The zero-order chi connectivity index (χ0) is 22.9. The average Bonchev–Trinajstić information content (AvgIpc) is 3.30. The van der Waals surface area contributed by atoms with E-state index in [1.54, 1.807) is 43.6 Å². The molecule has 8 nitrogen and oxygen atoms in total. The van der Waals surface area contributed by atoms with Crippen LogP contribution in [-0.4, -0.2) is 63.4 Å². The van der Waals surface area contributed by atoms with E-state index in [-0.39, 0.29) is 10.3 Å². The first-order chi connectivity index (χ1) is 15.3. The summed E-state index contributed by atoms with van der Waals surface area (Å²) >= 11 is 2.59. The van der Waals surface area contributed by atoms with Gasteiger partial charge in [-0.15, -0.1) is 11.3 Å². The van der Waals surface area contributed by atoms with E-state index in [1.807, 2.05) is 20.4 Å². The summed E-state index contributed by atoms with van der Waals surface area (Å²) in [5, 5.41) is 0.636. The van der Waals surface area contributed by atoms with Crippen LogP contribution in [0, 0.1) is 0 Å². The second kappa shape index (κ2) is 9.26. The minimum atomic E-state index is -3.81. The molecule has 3 aromatic rings. The minimum absolute atomic E-state index is 0.183. The number of rotatable bonds is 7. The van der Waals surface area contributed by atoms with Gasteiger partial charge in [-0.3, -0.25) is 4.72 Å². The fraction of sp³-hybridized carbons (Fsp3) is 0.333. The number of thiophene rings is 1. The third kappa shape index (κ3) is 4.56. The number of nitrogens with zero attached hydrogens (tertiary/aromatic N) is 3. The second-order valence-corrected chi connectivity index (χ2v) is 11.2. The molecule has 32 heavy (non-hydrogen) atoms. The van der Waals surface area contributed by atoms with Gasteiger partial charge in [0.2, 0.25) is 0 Å². The van der Waals surface area contributed by atoms with Crippen LogP contribution in [0.1, 0.15) is 5.56 Å². The third-order valence-electron chi connectivity index (χ3n) is 5.19. The number of thioether (sulfide) groups is 1. The maximum Gasteiger partial charge on any atom is 0.271 e. The molecule has 1 aliphatic heterocycles. The molecule has 170 valence electrons. The van der Waals surface area contributed by atoms with Crippen LogP contribution in [0.15, 0.2) is 45.9 Å². The molecule has 2 aromatic heterocycles. The molecule has 0 amide bonds. The van der Waals surface area contributed by atoms with Crippen LogP contribution in [-0.2, 0) is 16.4 Å². The highest BCUT2D eigenvalue weighted by Crippen LogP contribution is 2.41. The molecule has 0 fully saturated rings. The van der Waals surface area contributed by atoms with Crippen molar-refractivity contribution in [2.45, 2.75) is 21.8 Å². The highest BCUT2D eigenvalue weighted by Gasteiger charge is 2.29. The molecule has 1 aromatic carbocycles. The average molecular weight is 493 g/mol. The van der Waals surface area contributed by atoms with Gasteiger partial charge in [0.1, 0.15) is 22.3 Å². The van der Waals surface area contributed by atoms with Gasteiger partial charge in [0.25, 0.3) is 10.0 Å². The predicted molar refractivity (Wildman–Crippen MR) is 128 cm³/mol. The van der Waals surface area contributed by atoms with Gasteiger partial charge in [0.15, 0.2) is 5.16 Å². The molecule has 11 heteroatoms. The van der Waals surface area contributed by atoms with Crippen LogP contribution in [0.3, 0.4) is 0 Å². The molecule has 3 heterocycles. The monoisotopic (exact) mass is 492 g/mol. The fourth-order valence-electron chi connectivity index (χ4n) is 3.42. The molecule has 0 saturated heterocycles. The van der Waals surface area contributed by atoms with Crippen molar-refractivity contribution in [3.63, 3.8) is 0 Å². The van der Waals surface area contributed by atoms with Gasteiger partial charge in [-0.1, -0.05) is 11.8 Å². The summed E-state index contributed by atoms with van der Waals surface area (Å²) in [6.07, 6.45) is 4.27. The van der Waals surface area contributed by atoms with Gasteiger partial charge in [-0.25, -0.2) is 18.4 Å². The summed E-state index contributed by atoms with van der Waals surface area (Å²) in [5.41, 5.74) is 1.95. The summed E-state index contributed by atoms with van der Waals surface area (Å²) in [5.74, 6) is 1.20. The van der Waals surface area contributed by atoms with Gasteiger partial charge in [0.05, 0.1) is 23.4 Å². The maximum atomic E-state index is 13.1. The molecule has 1 aliphatic rings. The van der Waals surface area contributed by atoms with Crippen molar-refractivity contribution in [3.05, 3.63) is 42.1 Å². The van der Waals surface area contributed by atoms with Crippen LogP contribution in [0.4, 0.5) is 5.69 Å². The Morgan fingerprint density at radius 1 is 1.25 bits per heavy atom. The number of ether oxygens (including phenoxy) is 2. The van der Waals surface area contributed by atoms with E-state index in [2.05, 4.69) is 19.6 Å². The Kier molecular flexibility index (Phi) is 6.61. The van der Waals surface area contributed by atoms with Crippen molar-refractivity contribution < 1.29 is 17.9 Å². The van der Waals surface area contributed by atoms with Crippen molar-refractivity contribution in [2.75, 3.05) is 38.8 Å². The molecule has 0 unspecified atom stereocenters. The minimum Gasteiger partial charge on any atom is -0.496 e. The Morgan fingerprint density at radius 3 is 2.78 bits per heavy atom. The lowest BCUT2D eigenvalue weighted by molar-refractivity contribution is 0.164. The molecular weight excluding hydrogens is 468 g/mol. The van der Waals surface area contributed by atoms with Crippen LogP contribution < -0.4 is 14.2 Å². The number of benzene rings is 1. The first kappa shape index (κ1) is 22.8. The van der Waals surface area contributed by atoms with Crippen molar-refractivity contribution in [2.24, 2.45) is 0 Å². The normalized spacial score (nSPS) is 15.8. The van der Waals surface area contributed by atoms with Gasteiger partial charge in [-0.2, -0.15) is 0 Å². The Hall–Kier alpha value is -2.34. The number of anilines is 1. The van der Waals surface area contributed by atoms with E-state index in [1.165, 1.54) is 11.8 Å². The molecule has 0 spiro atoms. The number of hydrogen-bond acceptors (Lipinski definition) is 9. The molecule has 1 N–H and O–H groups in total. The fourth-order valence-corrected chi connectivity index (χ4v) is 6.11. The van der Waals surface area contributed by atoms with Gasteiger partial charge < -0.3 is 14.4 Å². The maximum absolute atomic E-state index is 13.1. The number of methoxy groups -OCH3 is 1. The zero-order valence-electron chi connectivity index (χ0n) is 18.2. The van der Waals surface area contributed by atoms with Gasteiger partial charge in [-0.05, 0) is 57.1 Å². The first-order valence-electron chi connectivity index (χ1n) is 9.81. The Bertz CT molecular complexity index is 1230. The highest BCUT2D eigenvalue weighted by molar-refractivity contribution is 7.98. The standard InChI is InChI=1S/C21H24N4O4S3/c1-25(2)13-11-14-17(28-3)6-5-16(20(14)29-12-13)24-32(26,27)19-8-7-18(31-19)15-9-10-22-21(23-15)30-4/h5-10,13,24H,11-12H2,1-4H3/t13-/m1/s1. The molecule has 0 radical (unpaired) electrons. The molecule has 0 bridgehead atoms. The van der Waals surface area contributed by atoms with E-state index < -0.39 is 10.0 Å². The number of nitrogens with one attached hydrogen (secondary N) is 1. The number of hydrogen-bond donors (Lipinski definition) is 1. The van der Waals surface area contributed by atoms with E-state index in [9.17, 15) is 8.42 Å². The lowest BCUT2D eigenvalue weighted by atomic mass is 10.00. The van der Waals surface area contributed by atoms with Crippen molar-refractivity contribution in [1.82, 2.24) is 14.9 Å². The number of likely N-dealkylation sites (N-methyl/N-ethyl adjacent to an activating group) is 1. The van der Waals surface area contributed by atoms with Gasteiger partial charge in [0, 0.05) is 17.8 Å². The van der Waals surface area contributed by atoms with E-state index >= 15 is 0 Å². The number of sulfonamides is 1. The Labute approximate surface area is 196 Å². The van der Waals surface area contributed by atoms with Crippen molar-refractivity contribution >= 4 is 38.8 Å². The SMILES string of the molecule is COc1ccc(NS(=O)(=O)c2ccc(-c3ccnc(SC)n3)s2)c2c1C[C@@H](N(C)C)CO2. The second-order valence-electron chi connectivity index (χ2n) is 7.41. The third-order valence-corrected chi connectivity index (χ3v) is 8.71. The summed E-state index contributed by atoms with van der Waals surface area (Å²) in [7, 11) is 1.77. The summed E-state index contributed by atoms with van der Waals surface area (Å²) in [4.78, 5) is 11.5. The lowest BCUT2D eigenvalue weighted by Crippen LogP contribution is -2.38. The molecule has 1 atom stereocenters. The first-order valence-corrected chi connectivity index (χ1v) is 13.3. The topological polar surface area (TPSA) is 93.6 Å². The Balaban J connectivity index is 1.63. The predicted octanol–water partition coefficient (Wildman–Crippen LogP) is 3.60. The van der Waals surface area contributed by atoms with Crippen molar-refractivity contribution in [1.29, 1.82) is 0 Å². The molecule has 4 rings (SSSR count). The largest absolute Gasteiger partial charge is 0.496 e. The summed E-state index contributed by atoms with van der Waals surface area (Å²) < 4.78 is 40.7. The quantitative estimate of drug-likeness (QED) is 0.395. The van der Waals surface area contributed by atoms with E-state index in [4.69, 9.17) is 9.47 Å². The van der Waals surface area contributed by atoms with E-state index in [0.717, 1.165) is 21.8 Å². The van der Waals surface area contributed by atoms with Gasteiger partial charge >= 0.3 is 0 Å². The summed E-state index contributed by atoms with van der Waals surface area (Å²) in [6.45, 7) is 0.469. The van der Waals surface area contributed by atoms with Crippen LogP contribution in [0.5, 0.6) is 11.5 Å². The van der Waals surface area contributed by atoms with Crippen molar-refractivity contribution in [3.8, 4) is 22.1 Å². The smallest absolute Gasteiger partial charge is 0.271 e. The van der Waals surface area contributed by atoms with Crippen LogP contribution >= 0.6 is 23.1 Å². The summed E-state index contributed by atoms with van der Waals surface area (Å²) in [6, 6.07) is 8.74. The zero-order valence-corrected chi connectivity index (χ0v) is 20.6. The lowest BCUT2D eigenvalue weighted by Gasteiger charge is -2.32. The highest BCUT2D eigenvalue weighted by atomic mass is 32.2. The van der Waals surface area contributed by atoms with E-state index in [0.29, 0.717) is 41.1 Å². The van der Waals surface area contributed by atoms with Crippen LogP contribution in [0.25, 0.3) is 10.6 Å². The molecule has 0 saturated carbocycles. The molecular formula is C21H24N4O4S3.